The predicted octanol–water partition coefficient (Wildman–Crippen LogP) is 2.11. The van der Waals surface area contributed by atoms with Gasteiger partial charge in [-0.05, 0) is 42.1 Å². The smallest absolute Gasteiger partial charge is 0.120 e. The molecule has 1 nitrogen and oxygen atoms in total. The first-order chi connectivity index (χ1) is 5.37. The number of hydrogen-bond donors (Lipinski definition) is 0. The molecule has 11 heavy (non-hydrogen) atoms. The molecule has 1 aliphatic heterocycles. The minimum atomic E-state index is 0.716. The highest BCUT2D eigenvalue weighted by Gasteiger charge is 2.54. The Morgan fingerprint density at radius 1 is 1.64 bits per heavy atom. The Morgan fingerprint density at radius 2 is 2.55 bits per heavy atom. The molecular formula is C9H14OS. The van der Waals surface area contributed by atoms with Gasteiger partial charge in [0.2, 0.25) is 0 Å². The summed E-state index contributed by atoms with van der Waals surface area (Å²) in [5, 5.41) is 0. The summed E-state index contributed by atoms with van der Waals surface area (Å²) in [5.41, 5.74) is 0.716. The fourth-order valence-electron chi connectivity index (χ4n) is 2.22. The third kappa shape index (κ3) is 1.33. The van der Waals surface area contributed by atoms with Crippen LogP contribution in [0.3, 0.4) is 0 Å². The van der Waals surface area contributed by atoms with Crippen molar-refractivity contribution in [1.82, 2.24) is 0 Å². The molecule has 2 rings (SSSR count). The second kappa shape index (κ2) is 2.81. The van der Waals surface area contributed by atoms with Gasteiger partial charge in [-0.2, -0.15) is 11.8 Å². The van der Waals surface area contributed by atoms with E-state index >= 15 is 0 Å². The van der Waals surface area contributed by atoms with E-state index in [1.54, 1.807) is 0 Å². The summed E-state index contributed by atoms with van der Waals surface area (Å²) in [6.45, 7) is 0. The highest BCUT2D eigenvalue weighted by Crippen LogP contribution is 2.62. The molecule has 1 spiro atoms. The van der Waals surface area contributed by atoms with Gasteiger partial charge in [0, 0.05) is 6.42 Å². The highest BCUT2D eigenvalue weighted by atomic mass is 32.2. The molecular weight excluding hydrogens is 156 g/mol. The summed E-state index contributed by atoms with van der Waals surface area (Å²) in [6, 6.07) is 0. The van der Waals surface area contributed by atoms with E-state index in [2.05, 4.69) is 11.8 Å². The first-order valence-electron chi connectivity index (χ1n) is 4.39. The van der Waals surface area contributed by atoms with Crippen LogP contribution in [0.4, 0.5) is 0 Å². The molecule has 2 atom stereocenters. The maximum Gasteiger partial charge on any atom is 0.120 e. The van der Waals surface area contributed by atoms with Gasteiger partial charge in [0.15, 0.2) is 0 Å². The zero-order valence-electron chi connectivity index (χ0n) is 6.71. The molecule has 1 saturated heterocycles. The molecule has 2 fully saturated rings. The van der Waals surface area contributed by atoms with Crippen molar-refractivity contribution < 1.29 is 4.79 Å². The van der Waals surface area contributed by atoms with Gasteiger partial charge in [-0.1, -0.05) is 0 Å². The molecule has 0 radical (unpaired) electrons. The predicted molar refractivity (Wildman–Crippen MR) is 47.8 cm³/mol. The van der Waals surface area contributed by atoms with Gasteiger partial charge < -0.3 is 4.79 Å². The maximum absolute atomic E-state index is 10.1. The van der Waals surface area contributed by atoms with Gasteiger partial charge in [-0.3, -0.25) is 0 Å². The van der Waals surface area contributed by atoms with Crippen molar-refractivity contribution in [2.24, 2.45) is 11.3 Å². The Bertz CT molecular complexity index is 161. The van der Waals surface area contributed by atoms with Gasteiger partial charge in [-0.15, -0.1) is 0 Å². The lowest BCUT2D eigenvalue weighted by atomic mass is 10.0. The molecule has 1 heterocycles. The summed E-state index contributed by atoms with van der Waals surface area (Å²) in [4.78, 5) is 10.1. The lowest BCUT2D eigenvalue weighted by Gasteiger charge is -2.04. The normalized spacial score (nSPS) is 41.3. The van der Waals surface area contributed by atoms with Gasteiger partial charge in [0.25, 0.3) is 0 Å². The number of aldehydes is 1. The van der Waals surface area contributed by atoms with Crippen molar-refractivity contribution in [3.05, 3.63) is 0 Å². The van der Waals surface area contributed by atoms with E-state index in [-0.39, 0.29) is 0 Å². The molecule has 1 aliphatic carbocycles. The van der Waals surface area contributed by atoms with E-state index in [0.29, 0.717) is 5.41 Å². The van der Waals surface area contributed by atoms with E-state index in [4.69, 9.17) is 0 Å². The quantitative estimate of drug-likeness (QED) is 0.603. The number of carbonyl (C=O) groups is 1. The Balaban J connectivity index is 1.79. The van der Waals surface area contributed by atoms with Gasteiger partial charge in [0.05, 0.1) is 0 Å². The topological polar surface area (TPSA) is 17.1 Å². The largest absolute Gasteiger partial charge is 0.303 e. The average molecular weight is 170 g/mol. The molecule has 0 amide bonds. The fraction of sp³-hybridized carbons (Fsp3) is 0.889. The molecule has 1 saturated carbocycles. The van der Waals surface area contributed by atoms with Gasteiger partial charge >= 0.3 is 0 Å². The first kappa shape index (κ1) is 7.66. The molecule has 0 bridgehead atoms. The maximum atomic E-state index is 10.1. The van der Waals surface area contributed by atoms with E-state index in [0.717, 1.165) is 25.0 Å². The van der Waals surface area contributed by atoms with Crippen LogP contribution in [0.25, 0.3) is 0 Å². The lowest BCUT2D eigenvalue weighted by Crippen LogP contribution is -2.01. The number of rotatable bonds is 3. The minimum absolute atomic E-state index is 0.716. The fourth-order valence-corrected chi connectivity index (χ4v) is 3.81. The molecule has 0 N–H and O–H groups in total. The van der Waals surface area contributed by atoms with Crippen LogP contribution in [-0.2, 0) is 4.79 Å². The van der Waals surface area contributed by atoms with Crippen molar-refractivity contribution in [1.29, 1.82) is 0 Å². The Kier molecular flexibility index (Phi) is 1.96. The van der Waals surface area contributed by atoms with Crippen molar-refractivity contribution in [3.63, 3.8) is 0 Å². The summed E-state index contributed by atoms with van der Waals surface area (Å²) >= 11 is 2.09. The van der Waals surface area contributed by atoms with Crippen LogP contribution in [0.5, 0.6) is 0 Å². The first-order valence-corrected chi connectivity index (χ1v) is 5.54. The summed E-state index contributed by atoms with van der Waals surface area (Å²) in [5.74, 6) is 3.64. The van der Waals surface area contributed by atoms with Crippen LogP contribution < -0.4 is 0 Å². The molecule has 2 heteroatoms. The van der Waals surface area contributed by atoms with Crippen LogP contribution in [-0.4, -0.2) is 17.8 Å². The van der Waals surface area contributed by atoms with Crippen molar-refractivity contribution >= 4 is 18.0 Å². The van der Waals surface area contributed by atoms with E-state index in [1.807, 2.05) is 0 Å². The van der Waals surface area contributed by atoms with Crippen molar-refractivity contribution in [2.75, 3.05) is 11.5 Å². The second-order valence-corrected chi connectivity index (χ2v) is 4.92. The third-order valence-electron chi connectivity index (χ3n) is 3.13. The number of hydrogen-bond acceptors (Lipinski definition) is 2. The van der Waals surface area contributed by atoms with E-state index in [1.165, 1.54) is 24.3 Å². The van der Waals surface area contributed by atoms with Gasteiger partial charge in [0.1, 0.15) is 6.29 Å². The van der Waals surface area contributed by atoms with Gasteiger partial charge in [-0.25, -0.2) is 0 Å². The monoisotopic (exact) mass is 170 g/mol. The minimum Gasteiger partial charge on any atom is -0.303 e. The Labute approximate surface area is 71.9 Å². The van der Waals surface area contributed by atoms with Crippen LogP contribution in [0, 0.1) is 11.3 Å². The Hall–Kier alpha value is 0.0200. The summed E-state index contributed by atoms with van der Waals surface area (Å²) < 4.78 is 0. The molecule has 0 aromatic rings. The molecule has 0 aromatic carbocycles. The highest BCUT2D eigenvalue weighted by molar-refractivity contribution is 7.99. The van der Waals surface area contributed by atoms with E-state index < -0.39 is 0 Å². The molecule has 2 unspecified atom stereocenters. The Morgan fingerprint density at radius 3 is 3.18 bits per heavy atom. The lowest BCUT2D eigenvalue weighted by molar-refractivity contribution is -0.108. The standard InChI is InChI=1S/C9H14OS/c10-4-1-2-8-6-9(8)3-5-11-7-9/h4,8H,1-3,5-7H2. The van der Waals surface area contributed by atoms with Crippen LogP contribution >= 0.6 is 11.8 Å². The second-order valence-electron chi connectivity index (χ2n) is 3.81. The van der Waals surface area contributed by atoms with Crippen LogP contribution in [0.15, 0.2) is 0 Å². The zero-order valence-corrected chi connectivity index (χ0v) is 7.53. The van der Waals surface area contributed by atoms with E-state index in [9.17, 15) is 4.79 Å². The van der Waals surface area contributed by atoms with Crippen molar-refractivity contribution in [3.8, 4) is 0 Å². The SMILES string of the molecule is O=CCCC1CC12CCSC2. The average Bonchev–Trinajstić information content (AvgIpc) is 2.41. The van der Waals surface area contributed by atoms with Crippen LogP contribution in [0.2, 0.25) is 0 Å². The molecule has 62 valence electrons. The number of thioether (sulfide) groups is 1. The third-order valence-corrected chi connectivity index (χ3v) is 4.40. The van der Waals surface area contributed by atoms with Crippen molar-refractivity contribution in [2.45, 2.75) is 25.7 Å². The molecule has 2 aliphatic rings. The summed E-state index contributed by atoms with van der Waals surface area (Å²) in [6.07, 6.45) is 5.84. The zero-order chi connectivity index (χ0) is 7.73. The molecule has 0 aromatic heterocycles. The number of carbonyl (C=O) groups excluding carboxylic acids is 1. The van der Waals surface area contributed by atoms with Crippen LogP contribution in [0.1, 0.15) is 25.7 Å². The summed E-state index contributed by atoms with van der Waals surface area (Å²) in [7, 11) is 0.